The Balaban J connectivity index is 1.64. The second-order valence-corrected chi connectivity index (χ2v) is 4.63. The average Bonchev–Trinajstić information content (AvgIpc) is 2.57. The minimum Gasteiger partial charge on any atom is -0.354 e. The Labute approximate surface area is 123 Å². The van der Waals surface area contributed by atoms with Crippen LogP contribution in [0.25, 0.3) is 11.3 Å². The van der Waals surface area contributed by atoms with Gasteiger partial charge >= 0.3 is 0 Å². The van der Waals surface area contributed by atoms with Crippen LogP contribution in [0.3, 0.4) is 0 Å². The third kappa shape index (κ3) is 3.63. The lowest BCUT2D eigenvalue weighted by Crippen LogP contribution is -2.08. The number of hydrogen-bond acceptors (Lipinski definition) is 4. The second-order valence-electron chi connectivity index (χ2n) is 4.63. The van der Waals surface area contributed by atoms with E-state index >= 15 is 0 Å². The highest BCUT2D eigenvalue weighted by Gasteiger charge is 2.01. The summed E-state index contributed by atoms with van der Waals surface area (Å²) in [7, 11) is 0. The van der Waals surface area contributed by atoms with Gasteiger partial charge in [0.1, 0.15) is 0 Å². The fourth-order valence-electron chi connectivity index (χ4n) is 2.06. The van der Waals surface area contributed by atoms with Gasteiger partial charge in [-0.3, -0.25) is 4.98 Å². The molecule has 0 saturated heterocycles. The maximum Gasteiger partial charge on any atom is 0.223 e. The van der Waals surface area contributed by atoms with Gasteiger partial charge in [0.05, 0.1) is 5.69 Å². The summed E-state index contributed by atoms with van der Waals surface area (Å²) < 4.78 is 0. The Morgan fingerprint density at radius 3 is 2.48 bits per heavy atom. The third-order valence-corrected chi connectivity index (χ3v) is 3.12. The summed E-state index contributed by atoms with van der Waals surface area (Å²) >= 11 is 0. The molecule has 0 saturated carbocycles. The molecule has 4 nitrogen and oxygen atoms in total. The number of nitrogens with zero attached hydrogens (tertiary/aromatic N) is 3. The molecule has 104 valence electrons. The van der Waals surface area contributed by atoms with E-state index in [1.807, 2.05) is 60.8 Å². The zero-order valence-electron chi connectivity index (χ0n) is 11.6. The van der Waals surface area contributed by atoms with E-state index in [1.165, 1.54) is 0 Å². The molecule has 0 aliphatic heterocycles. The molecular formula is C17H16N4. The van der Waals surface area contributed by atoms with Crippen LogP contribution >= 0.6 is 0 Å². The largest absolute Gasteiger partial charge is 0.354 e. The summed E-state index contributed by atoms with van der Waals surface area (Å²) in [6.07, 6.45) is 4.43. The van der Waals surface area contributed by atoms with Gasteiger partial charge in [0, 0.05) is 36.6 Å². The summed E-state index contributed by atoms with van der Waals surface area (Å²) in [5.41, 5.74) is 3.07. The van der Waals surface area contributed by atoms with E-state index < -0.39 is 0 Å². The normalized spacial score (nSPS) is 10.3. The molecule has 2 aromatic heterocycles. The molecule has 0 aliphatic carbocycles. The van der Waals surface area contributed by atoms with Gasteiger partial charge in [-0.15, -0.1) is 0 Å². The number of hydrogen-bond donors (Lipinski definition) is 1. The Kier molecular flexibility index (Phi) is 4.17. The average molecular weight is 276 g/mol. The number of anilines is 1. The van der Waals surface area contributed by atoms with Gasteiger partial charge in [-0.25, -0.2) is 9.97 Å². The Hall–Kier alpha value is -2.75. The van der Waals surface area contributed by atoms with Crippen LogP contribution in [0.4, 0.5) is 5.95 Å². The number of pyridine rings is 1. The van der Waals surface area contributed by atoms with Gasteiger partial charge in [-0.2, -0.15) is 0 Å². The predicted octanol–water partition coefficient (Wildman–Crippen LogP) is 3.19. The molecule has 3 rings (SSSR count). The molecule has 0 unspecified atom stereocenters. The molecule has 0 amide bonds. The standard InChI is InChI=1S/C17H16N4/c1-2-6-14(7-3-1)16-10-13-20-17(21-16)19-12-9-15-8-4-5-11-18-15/h1-8,10-11,13H,9,12H2,(H,19,20,21). The van der Waals surface area contributed by atoms with E-state index in [1.54, 1.807) is 6.20 Å². The van der Waals surface area contributed by atoms with Crippen molar-refractivity contribution < 1.29 is 0 Å². The first kappa shape index (κ1) is 13.2. The van der Waals surface area contributed by atoms with E-state index in [2.05, 4.69) is 20.3 Å². The molecule has 3 aromatic rings. The summed E-state index contributed by atoms with van der Waals surface area (Å²) in [5.74, 6) is 0.646. The first-order chi connectivity index (χ1) is 10.4. The minimum absolute atomic E-state index is 0.646. The molecule has 0 atom stereocenters. The third-order valence-electron chi connectivity index (χ3n) is 3.12. The molecule has 0 aliphatic rings. The Bertz CT molecular complexity index is 683. The summed E-state index contributed by atoms with van der Waals surface area (Å²) in [4.78, 5) is 13.1. The van der Waals surface area contributed by atoms with Crippen LogP contribution in [-0.2, 0) is 6.42 Å². The van der Waals surface area contributed by atoms with Gasteiger partial charge in [0.2, 0.25) is 5.95 Å². The molecule has 0 radical (unpaired) electrons. The summed E-state index contributed by atoms with van der Waals surface area (Å²) in [5, 5.41) is 3.24. The SMILES string of the molecule is c1ccc(-c2ccnc(NCCc3ccccn3)n2)cc1. The van der Waals surface area contributed by atoms with Crippen molar-refractivity contribution in [3.05, 3.63) is 72.7 Å². The van der Waals surface area contributed by atoms with Gasteiger partial charge in [0.25, 0.3) is 0 Å². The fraction of sp³-hybridized carbons (Fsp3) is 0.118. The van der Waals surface area contributed by atoms with Crippen molar-refractivity contribution in [1.82, 2.24) is 15.0 Å². The lowest BCUT2D eigenvalue weighted by molar-refractivity contribution is 0.942. The van der Waals surface area contributed by atoms with Gasteiger partial charge in [-0.1, -0.05) is 36.4 Å². The maximum atomic E-state index is 4.53. The number of nitrogens with one attached hydrogen (secondary N) is 1. The smallest absolute Gasteiger partial charge is 0.223 e. The van der Waals surface area contributed by atoms with Crippen molar-refractivity contribution in [2.75, 3.05) is 11.9 Å². The molecule has 21 heavy (non-hydrogen) atoms. The maximum absolute atomic E-state index is 4.53. The Morgan fingerprint density at radius 2 is 1.67 bits per heavy atom. The van der Waals surface area contributed by atoms with Gasteiger partial charge < -0.3 is 5.32 Å². The van der Waals surface area contributed by atoms with Crippen LogP contribution in [0.5, 0.6) is 0 Å². The predicted molar refractivity (Wildman–Crippen MR) is 83.9 cm³/mol. The van der Waals surface area contributed by atoms with Crippen molar-refractivity contribution in [2.24, 2.45) is 0 Å². The van der Waals surface area contributed by atoms with Gasteiger partial charge in [0.15, 0.2) is 0 Å². The molecule has 4 heteroatoms. The topological polar surface area (TPSA) is 50.7 Å². The van der Waals surface area contributed by atoms with Crippen LogP contribution in [0.1, 0.15) is 5.69 Å². The summed E-state index contributed by atoms with van der Waals surface area (Å²) in [6.45, 7) is 0.759. The number of aromatic nitrogens is 3. The highest BCUT2D eigenvalue weighted by atomic mass is 15.1. The summed E-state index contributed by atoms with van der Waals surface area (Å²) in [6, 6.07) is 17.9. The van der Waals surface area contributed by atoms with E-state index in [0.717, 1.165) is 29.9 Å². The van der Waals surface area contributed by atoms with E-state index in [4.69, 9.17) is 0 Å². The molecular weight excluding hydrogens is 260 g/mol. The van der Waals surface area contributed by atoms with Crippen LogP contribution in [0.15, 0.2) is 67.0 Å². The van der Waals surface area contributed by atoms with Crippen molar-refractivity contribution >= 4 is 5.95 Å². The first-order valence-electron chi connectivity index (χ1n) is 6.94. The van der Waals surface area contributed by atoms with Crippen molar-refractivity contribution in [2.45, 2.75) is 6.42 Å². The second kappa shape index (κ2) is 6.61. The van der Waals surface area contributed by atoms with Gasteiger partial charge in [-0.05, 0) is 18.2 Å². The van der Waals surface area contributed by atoms with Crippen molar-refractivity contribution in [3.8, 4) is 11.3 Å². The molecule has 1 N–H and O–H groups in total. The van der Waals surface area contributed by atoms with Crippen LogP contribution in [0.2, 0.25) is 0 Å². The number of rotatable bonds is 5. The molecule has 1 aromatic carbocycles. The van der Waals surface area contributed by atoms with E-state index in [0.29, 0.717) is 5.95 Å². The monoisotopic (exact) mass is 276 g/mol. The molecule has 0 fully saturated rings. The minimum atomic E-state index is 0.646. The lowest BCUT2D eigenvalue weighted by atomic mass is 10.1. The van der Waals surface area contributed by atoms with Crippen LogP contribution in [-0.4, -0.2) is 21.5 Å². The fourth-order valence-corrected chi connectivity index (χ4v) is 2.06. The molecule has 0 bridgehead atoms. The van der Waals surface area contributed by atoms with Crippen molar-refractivity contribution in [1.29, 1.82) is 0 Å². The zero-order chi connectivity index (χ0) is 14.3. The lowest BCUT2D eigenvalue weighted by Gasteiger charge is -2.06. The molecule has 2 heterocycles. The molecule has 0 spiro atoms. The van der Waals surface area contributed by atoms with E-state index in [-0.39, 0.29) is 0 Å². The van der Waals surface area contributed by atoms with Crippen LogP contribution in [0, 0.1) is 0 Å². The Morgan fingerprint density at radius 1 is 0.810 bits per heavy atom. The zero-order valence-corrected chi connectivity index (χ0v) is 11.6. The quantitative estimate of drug-likeness (QED) is 0.777. The van der Waals surface area contributed by atoms with E-state index in [9.17, 15) is 0 Å². The highest BCUT2D eigenvalue weighted by Crippen LogP contribution is 2.16. The first-order valence-corrected chi connectivity index (χ1v) is 6.94. The highest BCUT2D eigenvalue weighted by molar-refractivity contribution is 5.59. The van der Waals surface area contributed by atoms with Crippen molar-refractivity contribution in [3.63, 3.8) is 0 Å². The number of benzene rings is 1. The van der Waals surface area contributed by atoms with Crippen LogP contribution < -0.4 is 5.32 Å².